The van der Waals surface area contributed by atoms with Gasteiger partial charge in [0.15, 0.2) is 0 Å². The van der Waals surface area contributed by atoms with E-state index in [1.54, 1.807) is 0 Å². The molecule has 3 fully saturated rings. The quantitative estimate of drug-likeness (QED) is 0.859. The third-order valence-corrected chi connectivity index (χ3v) is 6.47. The fourth-order valence-corrected chi connectivity index (χ4v) is 4.92. The second-order valence-electron chi connectivity index (χ2n) is 7.91. The molecule has 3 aliphatic heterocycles. The van der Waals surface area contributed by atoms with E-state index in [-0.39, 0.29) is 0 Å². The van der Waals surface area contributed by atoms with Crippen LogP contribution < -0.4 is 5.32 Å². The Labute approximate surface area is 131 Å². The number of nitrogens with one attached hydrogen (secondary N) is 1. The van der Waals surface area contributed by atoms with Gasteiger partial charge in [0.25, 0.3) is 0 Å². The molecule has 1 N–H and O–H groups in total. The summed E-state index contributed by atoms with van der Waals surface area (Å²) in [4.78, 5) is 5.40. The smallest absolute Gasteiger partial charge is 0.0145 e. The van der Waals surface area contributed by atoms with Crippen molar-refractivity contribution >= 4 is 0 Å². The molecular formula is C18H35N3. The van der Waals surface area contributed by atoms with E-state index in [1.165, 1.54) is 77.8 Å². The van der Waals surface area contributed by atoms with Crippen molar-refractivity contribution in [2.24, 2.45) is 17.8 Å². The van der Waals surface area contributed by atoms with Crippen molar-refractivity contribution in [2.45, 2.75) is 51.5 Å². The van der Waals surface area contributed by atoms with E-state index < -0.39 is 0 Å². The Morgan fingerprint density at radius 1 is 1.14 bits per heavy atom. The lowest BCUT2D eigenvalue weighted by Crippen LogP contribution is -2.52. The molecule has 0 aromatic rings. The molecule has 4 unspecified atom stereocenters. The zero-order valence-electron chi connectivity index (χ0n) is 14.2. The molecular weight excluding hydrogens is 258 g/mol. The van der Waals surface area contributed by atoms with Crippen LogP contribution in [-0.4, -0.2) is 62.2 Å². The topological polar surface area (TPSA) is 18.5 Å². The molecule has 0 spiro atoms. The number of piperidine rings is 3. The van der Waals surface area contributed by atoms with Gasteiger partial charge in [0.1, 0.15) is 0 Å². The summed E-state index contributed by atoms with van der Waals surface area (Å²) in [7, 11) is 2.34. The first-order valence-electron chi connectivity index (χ1n) is 9.37. The average molecular weight is 293 g/mol. The number of likely N-dealkylation sites (tertiary alicyclic amines) is 2. The SMILES string of the molecule is CC(CCN1CCC2C(CCCN2C)C1)C1CCCNC1. The van der Waals surface area contributed by atoms with Gasteiger partial charge in [0.2, 0.25) is 0 Å². The highest BCUT2D eigenvalue weighted by Gasteiger charge is 2.34. The molecule has 3 saturated heterocycles. The minimum Gasteiger partial charge on any atom is -0.316 e. The highest BCUT2D eigenvalue weighted by Crippen LogP contribution is 2.30. The number of fused-ring (bicyclic) bond motifs is 1. The fourth-order valence-electron chi connectivity index (χ4n) is 4.92. The molecule has 21 heavy (non-hydrogen) atoms. The molecule has 3 rings (SSSR count). The Bertz CT molecular complexity index is 314. The molecule has 3 heterocycles. The van der Waals surface area contributed by atoms with Crippen molar-refractivity contribution in [3.63, 3.8) is 0 Å². The number of rotatable bonds is 4. The second-order valence-corrected chi connectivity index (χ2v) is 7.91. The lowest BCUT2D eigenvalue weighted by Gasteiger charge is -2.46. The number of hydrogen-bond donors (Lipinski definition) is 1. The van der Waals surface area contributed by atoms with Crippen LogP contribution in [0.1, 0.15) is 45.4 Å². The van der Waals surface area contributed by atoms with Gasteiger partial charge in [-0.1, -0.05) is 6.92 Å². The van der Waals surface area contributed by atoms with E-state index in [2.05, 4.69) is 29.1 Å². The summed E-state index contributed by atoms with van der Waals surface area (Å²) in [6.07, 6.45) is 8.52. The average Bonchev–Trinajstić information content (AvgIpc) is 2.53. The third-order valence-electron chi connectivity index (χ3n) is 6.47. The molecule has 0 aromatic heterocycles. The van der Waals surface area contributed by atoms with E-state index in [0.717, 1.165) is 23.8 Å². The lowest BCUT2D eigenvalue weighted by atomic mass is 9.83. The van der Waals surface area contributed by atoms with E-state index in [9.17, 15) is 0 Å². The Kier molecular flexibility index (Phi) is 5.58. The van der Waals surface area contributed by atoms with E-state index in [1.807, 2.05) is 0 Å². The summed E-state index contributed by atoms with van der Waals surface area (Å²) >= 11 is 0. The highest BCUT2D eigenvalue weighted by molar-refractivity contribution is 4.89. The standard InChI is InChI=1S/C18H35N3/c1-15(16-5-3-9-19-13-16)7-11-21-12-8-18-17(14-21)6-4-10-20(18)2/h15-19H,3-14H2,1-2H3. The fraction of sp³-hybridized carbons (Fsp3) is 1.00. The molecule has 4 atom stereocenters. The Hall–Kier alpha value is -0.120. The maximum atomic E-state index is 3.58. The summed E-state index contributed by atoms with van der Waals surface area (Å²) in [5.74, 6) is 2.77. The van der Waals surface area contributed by atoms with Crippen molar-refractivity contribution in [1.82, 2.24) is 15.1 Å². The van der Waals surface area contributed by atoms with Crippen LogP contribution in [0.3, 0.4) is 0 Å². The van der Waals surface area contributed by atoms with Gasteiger partial charge in [0, 0.05) is 12.6 Å². The molecule has 0 aromatic carbocycles. The van der Waals surface area contributed by atoms with Gasteiger partial charge in [-0.15, -0.1) is 0 Å². The van der Waals surface area contributed by atoms with Gasteiger partial charge < -0.3 is 15.1 Å². The zero-order chi connectivity index (χ0) is 14.7. The number of hydrogen-bond acceptors (Lipinski definition) is 3. The van der Waals surface area contributed by atoms with Crippen LogP contribution in [0.4, 0.5) is 0 Å². The molecule has 122 valence electrons. The number of nitrogens with zero attached hydrogens (tertiary/aromatic N) is 2. The van der Waals surface area contributed by atoms with Crippen molar-refractivity contribution in [3.8, 4) is 0 Å². The molecule has 0 radical (unpaired) electrons. The molecule has 0 aliphatic carbocycles. The minimum absolute atomic E-state index is 0.884. The first-order chi connectivity index (χ1) is 10.2. The lowest BCUT2D eigenvalue weighted by molar-refractivity contribution is 0.0354. The van der Waals surface area contributed by atoms with Crippen molar-refractivity contribution < 1.29 is 0 Å². The third kappa shape index (κ3) is 4.00. The molecule has 3 heteroatoms. The zero-order valence-corrected chi connectivity index (χ0v) is 14.2. The van der Waals surface area contributed by atoms with Crippen molar-refractivity contribution in [3.05, 3.63) is 0 Å². The van der Waals surface area contributed by atoms with E-state index in [4.69, 9.17) is 0 Å². The van der Waals surface area contributed by atoms with Gasteiger partial charge in [-0.2, -0.15) is 0 Å². The van der Waals surface area contributed by atoms with E-state index in [0.29, 0.717) is 0 Å². The molecule has 3 nitrogen and oxygen atoms in total. The highest BCUT2D eigenvalue weighted by atomic mass is 15.2. The minimum atomic E-state index is 0.884. The summed E-state index contributed by atoms with van der Waals surface area (Å²) < 4.78 is 0. The van der Waals surface area contributed by atoms with Gasteiger partial charge in [-0.25, -0.2) is 0 Å². The summed E-state index contributed by atoms with van der Waals surface area (Å²) in [5, 5.41) is 3.58. The molecule has 0 saturated carbocycles. The summed E-state index contributed by atoms with van der Waals surface area (Å²) in [6, 6.07) is 0.884. The van der Waals surface area contributed by atoms with Crippen LogP contribution in [0.15, 0.2) is 0 Å². The van der Waals surface area contributed by atoms with Crippen LogP contribution >= 0.6 is 0 Å². The first kappa shape index (κ1) is 15.8. The van der Waals surface area contributed by atoms with Gasteiger partial charge >= 0.3 is 0 Å². The van der Waals surface area contributed by atoms with Crippen LogP contribution in [0.2, 0.25) is 0 Å². The molecule has 0 bridgehead atoms. The first-order valence-corrected chi connectivity index (χ1v) is 9.37. The maximum Gasteiger partial charge on any atom is 0.0145 e. The Balaban J connectivity index is 1.41. The molecule has 3 aliphatic rings. The second kappa shape index (κ2) is 7.43. The predicted molar refractivity (Wildman–Crippen MR) is 89.6 cm³/mol. The molecule has 0 amide bonds. The normalized spacial score (nSPS) is 37.1. The van der Waals surface area contributed by atoms with Gasteiger partial charge in [-0.05, 0) is 96.1 Å². The van der Waals surface area contributed by atoms with Crippen molar-refractivity contribution in [1.29, 1.82) is 0 Å². The summed E-state index contributed by atoms with van der Waals surface area (Å²) in [6.45, 7) is 10.4. The monoisotopic (exact) mass is 293 g/mol. The van der Waals surface area contributed by atoms with Crippen LogP contribution in [0.5, 0.6) is 0 Å². The summed E-state index contributed by atoms with van der Waals surface area (Å²) in [5.41, 5.74) is 0. The predicted octanol–water partition coefficient (Wildman–Crippen LogP) is 2.43. The van der Waals surface area contributed by atoms with Gasteiger partial charge in [0.05, 0.1) is 0 Å². The van der Waals surface area contributed by atoms with Crippen LogP contribution in [0, 0.1) is 17.8 Å². The Morgan fingerprint density at radius 2 is 2.05 bits per heavy atom. The van der Waals surface area contributed by atoms with E-state index >= 15 is 0 Å². The maximum absolute atomic E-state index is 3.58. The van der Waals surface area contributed by atoms with Crippen LogP contribution in [0.25, 0.3) is 0 Å². The van der Waals surface area contributed by atoms with Gasteiger partial charge in [-0.3, -0.25) is 0 Å². The Morgan fingerprint density at radius 3 is 2.86 bits per heavy atom. The van der Waals surface area contributed by atoms with Crippen LogP contribution in [-0.2, 0) is 0 Å². The van der Waals surface area contributed by atoms with Crippen molar-refractivity contribution in [2.75, 3.05) is 46.3 Å². The largest absolute Gasteiger partial charge is 0.316 e.